The highest BCUT2D eigenvalue weighted by Gasteiger charge is 2.48. The van der Waals surface area contributed by atoms with E-state index in [4.69, 9.17) is 11.6 Å². The Labute approximate surface area is 157 Å². The Balaban J connectivity index is 2.04. The van der Waals surface area contributed by atoms with Crippen LogP contribution in [0.1, 0.15) is 31.9 Å². The van der Waals surface area contributed by atoms with Crippen molar-refractivity contribution in [2.45, 2.75) is 36.8 Å². The molecule has 0 aliphatic carbocycles. The van der Waals surface area contributed by atoms with Crippen LogP contribution in [0.2, 0.25) is 5.02 Å². The molecule has 0 aromatic heterocycles. The molecule has 1 aliphatic heterocycles. The number of hydrogen-bond acceptors (Lipinski definition) is 4. The Hall–Kier alpha value is -1.93. The predicted octanol–water partition coefficient (Wildman–Crippen LogP) is 2.60. The van der Waals surface area contributed by atoms with Gasteiger partial charge >= 0.3 is 0 Å². The van der Waals surface area contributed by atoms with Gasteiger partial charge in [0.25, 0.3) is 5.91 Å². The van der Waals surface area contributed by atoms with Gasteiger partial charge in [-0.3, -0.25) is 4.79 Å². The minimum atomic E-state index is -3.72. The second-order valence-corrected chi connectivity index (χ2v) is 9.30. The van der Waals surface area contributed by atoms with Gasteiger partial charge in [-0.05, 0) is 50.6 Å². The first-order valence-electron chi connectivity index (χ1n) is 7.92. The number of anilines is 1. The Morgan fingerprint density at radius 3 is 2.31 bits per heavy atom. The van der Waals surface area contributed by atoms with Crippen molar-refractivity contribution in [1.82, 2.24) is 4.72 Å². The van der Waals surface area contributed by atoms with Crippen molar-refractivity contribution < 1.29 is 18.3 Å². The summed E-state index contributed by atoms with van der Waals surface area (Å²) < 4.78 is 27.4. The van der Waals surface area contributed by atoms with Gasteiger partial charge in [-0.15, -0.1) is 0 Å². The molecule has 138 valence electrons. The van der Waals surface area contributed by atoms with Crippen molar-refractivity contribution >= 4 is 33.2 Å². The molecule has 8 heteroatoms. The number of rotatable bonds is 3. The SMILES string of the molecule is CC(C)(C)NS(=O)(=O)c1ccc(C2(O)C(=O)Nc3cccc(Cl)c32)cc1. The van der Waals surface area contributed by atoms with Crippen molar-refractivity contribution in [2.75, 3.05) is 5.32 Å². The van der Waals surface area contributed by atoms with E-state index in [0.29, 0.717) is 5.69 Å². The first-order valence-corrected chi connectivity index (χ1v) is 9.78. The van der Waals surface area contributed by atoms with Gasteiger partial charge in [0.1, 0.15) is 0 Å². The number of amides is 1. The molecule has 0 saturated heterocycles. The number of nitrogens with one attached hydrogen (secondary N) is 2. The maximum absolute atomic E-state index is 12.4. The van der Waals surface area contributed by atoms with Crippen LogP contribution in [0, 0.1) is 0 Å². The van der Waals surface area contributed by atoms with Crippen LogP contribution in [0.25, 0.3) is 0 Å². The summed E-state index contributed by atoms with van der Waals surface area (Å²) in [5, 5.41) is 13.9. The molecular weight excluding hydrogens is 376 g/mol. The summed E-state index contributed by atoms with van der Waals surface area (Å²) in [7, 11) is -3.72. The summed E-state index contributed by atoms with van der Waals surface area (Å²) >= 11 is 6.19. The molecule has 0 fully saturated rings. The number of carbonyl (C=O) groups is 1. The number of halogens is 1. The van der Waals surface area contributed by atoms with E-state index in [1.807, 2.05) is 0 Å². The number of benzene rings is 2. The lowest BCUT2D eigenvalue weighted by molar-refractivity contribution is -0.129. The van der Waals surface area contributed by atoms with Gasteiger partial charge in [-0.25, -0.2) is 13.1 Å². The van der Waals surface area contributed by atoms with Gasteiger partial charge in [-0.2, -0.15) is 0 Å². The van der Waals surface area contributed by atoms with Crippen LogP contribution in [0.4, 0.5) is 5.69 Å². The zero-order chi connectivity index (χ0) is 19.3. The molecule has 3 N–H and O–H groups in total. The van der Waals surface area contributed by atoms with Gasteiger partial charge in [0.2, 0.25) is 10.0 Å². The lowest BCUT2D eigenvalue weighted by Crippen LogP contribution is -2.40. The zero-order valence-corrected chi connectivity index (χ0v) is 16.1. The van der Waals surface area contributed by atoms with Crippen molar-refractivity contribution in [3.05, 3.63) is 58.6 Å². The Bertz CT molecular complexity index is 981. The summed E-state index contributed by atoms with van der Waals surface area (Å²) in [6, 6.07) is 10.4. The van der Waals surface area contributed by atoms with Crippen LogP contribution in [-0.4, -0.2) is 25.0 Å². The molecule has 6 nitrogen and oxygen atoms in total. The molecule has 2 aromatic rings. The molecule has 1 atom stereocenters. The second kappa shape index (κ2) is 6.06. The Morgan fingerprint density at radius 1 is 1.12 bits per heavy atom. The topological polar surface area (TPSA) is 95.5 Å². The van der Waals surface area contributed by atoms with Crippen molar-refractivity contribution in [3.63, 3.8) is 0 Å². The van der Waals surface area contributed by atoms with Gasteiger partial charge in [0.15, 0.2) is 5.60 Å². The second-order valence-electron chi connectivity index (χ2n) is 7.21. The minimum absolute atomic E-state index is 0.0394. The van der Waals surface area contributed by atoms with Crippen molar-refractivity contribution in [2.24, 2.45) is 0 Å². The van der Waals surface area contributed by atoms with E-state index >= 15 is 0 Å². The summed E-state index contributed by atoms with van der Waals surface area (Å²) in [4.78, 5) is 12.5. The summed E-state index contributed by atoms with van der Waals surface area (Å²) in [5.41, 5.74) is -1.69. The summed E-state index contributed by atoms with van der Waals surface area (Å²) in [5.74, 6) is -0.635. The molecule has 1 unspecified atom stereocenters. The first-order chi connectivity index (χ1) is 11.9. The van der Waals surface area contributed by atoms with E-state index in [1.54, 1.807) is 39.0 Å². The average Bonchev–Trinajstić information content (AvgIpc) is 2.78. The monoisotopic (exact) mass is 394 g/mol. The maximum atomic E-state index is 12.4. The standard InChI is InChI=1S/C18H19ClN2O4S/c1-17(2,3)21-26(24,25)12-9-7-11(8-10-12)18(23)15-13(19)5-4-6-14(15)20-16(18)22/h4-10,21,23H,1-3H3,(H,20,22). The highest BCUT2D eigenvalue weighted by atomic mass is 35.5. The Kier molecular flexibility index (Phi) is 4.39. The Morgan fingerprint density at radius 2 is 1.73 bits per heavy atom. The van der Waals surface area contributed by atoms with Crippen LogP contribution in [-0.2, 0) is 20.4 Å². The van der Waals surface area contributed by atoms with E-state index in [0.717, 1.165) is 0 Å². The third kappa shape index (κ3) is 3.12. The molecule has 3 rings (SSSR count). The predicted molar refractivity (Wildman–Crippen MR) is 99.6 cm³/mol. The van der Waals surface area contributed by atoms with Crippen LogP contribution in [0.15, 0.2) is 47.4 Å². The highest BCUT2D eigenvalue weighted by molar-refractivity contribution is 7.89. The first kappa shape index (κ1) is 18.8. The lowest BCUT2D eigenvalue weighted by Gasteiger charge is -2.23. The fourth-order valence-corrected chi connectivity index (χ4v) is 4.66. The van der Waals surface area contributed by atoms with E-state index in [2.05, 4.69) is 10.0 Å². The molecule has 26 heavy (non-hydrogen) atoms. The molecule has 1 heterocycles. The molecule has 0 saturated carbocycles. The molecular formula is C18H19ClN2O4S. The normalized spacial score (nSPS) is 20.0. The average molecular weight is 395 g/mol. The quantitative estimate of drug-likeness (QED) is 0.745. The van der Waals surface area contributed by atoms with Crippen LogP contribution in [0.3, 0.4) is 0 Å². The third-order valence-corrected chi connectivity index (χ3v) is 6.06. The summed E-state index contributed by atoms with van der Waals surface area (Å²) in [6.45, 7) is 5.22. The fraction of sp³-hybridized carbons (Fsp3) is 0.278. The van der Waals surface area contributed by atoms with Crippen LogP contribution in [0.5, 0.6) is 0 Å². The summed E-state index contributed by atoms with van der Waals surface area (Å²) in [6.07, 6.45) is 0. The van der Waals surface area contributed by atoms with Gasteiger partial charge < -0.3 is 10.4 Å². The van der Waals surface area contributed by atoms with E-state index < -0.39 is 27.1 Å². The van der Waals surface area contributed by atoms with Gasteiger partial charge in [0.05, 0.1) is 4.90 Å². The number of hydrogen-bond donors (Lipinski definition) is 3. The molecule has 1 aliphatic rings. The molecule has 0 radical (unpaired) electrons. The molecule has 0 bridgehead atoms. The number of carbonyl (C=O) groups excluding carboxylic acids is 1. The van der Waals surface area contributed by atoms with Crippen LogP contribution < -0.4 is 10.0 Å². The maximum Gasteiger partial charge on any atom is 0.265 e. The molecule has 1 amide bonds. The largest absolute Gasteiger partial charge is 0.372 e. The zero-order valence-electron chi connectivity index (χ0n) is 14.5. The van der Waals surface area contributed by atoms with E-state index in [1.165, 1.54) is 24.3 Å². The van der Waals surface area contributed by atoms with Gasteiger partial charge in [-0.1, -0.05) is 29.8 Å². The van der Waals surface area contributed by atoms with E-state index in [9.17, 15) is 18.3 Å². The minimum Gasteiger partial charge on any atom is -0.372 e. The smallest absolute Gasteiger partial charge is 0.265 e. The van der Waals surface area contributed by atoms with E-state index in [-0.39, 0.29) is 21.0 Å². The number of aliphatic hydroxyl groups is 1. The van der Waals surface area contributed by atoms with Gasteiger partial charge in [0, 0.05) is 21.8 Å². The van der Waals surface area contributed by atoms with Crippen LogP contribution >= 0.6 is 11.6 Å². The molecule has 2 aromatic carbocycles. The number of fused-ring (bicyclic) bond motifs is 1. The third-order valence-electron chi connectivity index (χ3n) is 3.98. The molecule has 0 spiro atoms. The van der Waals surface area contributed by atoms with Crippen molar-refractivity contribution in [3.8, 4) is 0 Å². The van der Waals surface area contributed by atoms with Crippen molar-refractivity contribution in [1.29, 1.82) is 0 Å². The lowest BCUT2D eigenvalue weighted by atomic mass is 9.87. The number of sulfonamides is 1. The fourth-order valence-electron chi connectivity index (χ4n) is 2.94. The highest BCUT2D eigenvalue weighted by Crippen LogP contribution is 2.44.